The van der Waals surface area contributed by atoms with Crippen molar-refractivity contribution in [2.75, 3.05) is 37.6 Å². The van der Waals surface area contributed by atoms with Gasteiger partial charge in [0.25, 0.3) is 5.56 Å². The first-order valence-electron chi connectivity index (χ1n) is 9.40. The molecule has 0 unspecified atom stereocenters. The first kappa shape index (κ1) is 17.5. The number of hydrogen-bond acceptors (Lipinski definition) is 4. The van der Waals surface area contributed by atoms with Gasteiger partial charge in [0.2, 0.25) is 5.95 Å². The van der Waals surface area contributed by atoms with Crippen molar-refractivity contribution in [2.24, 2.45) is 7.05 Å². The summed E-state index contributed by atoms with van der Waals surface area (Å²) in [7, 11) is 1.64. The Morgan fingerprint density at radius 1 is 1.15 bits per heavy atom. The van der Waals surface area contributed by atoms with Crippen LogP contribution >= 0.6 is 0 Å². The molecule has 3 heterocycles. The Morgan fingerprint density at radius 3 is 2.52 bits per heavy atom. The van der Waals surface area contributed by atoms with Crippen LogP contribution in [0.3, 0.4) is 0 Å². The summed E-state index contributed by atoms with van der Waals surface area (Å²) in [5.74, 6) is 0.760. The fourth-order valence-corrected chi connectivity index (χ4v) is 3.76. The quantitative estimate of drug-likeness (QED) is 0.631. The number of rotatable bonds is 4. The van der Waals surface area contributed by atoms with Crippen LogP contribution < -0.4 is 21.0 Å². The molecule has 3 aromatic rings. The average molecular weight is 369 g/mol. The summed E-state index contributed by atoms with van der Waals surface area (Å²) in [6.45, 7) is 7.70. The van der Waals surface area contributed by atoms with Crippen molar-refractivity contribution in [1.82, 2.24) is 19.1 Å². The minimum Gasteiger partial charge on any atom is -0.332 e. The third kappa shape index (κ3) is 3.16. The molecule has 1 aliphatic heterocycles. The number of nitrogens with zero attached hydrogens (tertiary/aromatic N) is 4. The van der Waals surface area contributed by atoms with E-state index in [9.17, 15) is 9.59 Å². The molecule has 0 aliphatic carbocycles. The van der Waals surface area contributed by atoms with Crippen LogP contribution in [0.1, 0.15) is 12.5 Å². The van der Waals surface area contributed by atoms with E-state index >= 15 is 0 Å². The second-order valence-electron chi connectivity index (χ2n) is 7.06. The van der Waals surface area contributed by atoms with E-state index in [2.05, 4.69) is 16.8 Å². The Morgan fingerprint density at radius 2 is 1.85 bits per heavy atom. The zero-order valence-corrected chi connectivity index (χ0v) is 15.7. The predicted octanol–water partition coefficient (Wildman–Crippen LogP) is -0.804. The second-order valence-corrected chi connectivity index (χ2v) is 7.06. The summed E-state index contributed by atoms with van der Waals surface area (Å²) in [5.41, 5.74) is 1.13. The first-order valence-corrected chi connectivity index (χ1v) is 9.40. The van der Waals surface area contributed by atoms with E-state index in [-0.39, 0.29) is 5.56 Å². The molecule has 0 saturated carbocycles. The maximum atomic E-state index is 12.6. The number of H-pyrrole nitrogens is 1. The second kappa shape index (κ2) is 7.03. The number of hydrogen-bond donors (Lipinski definition) is 2. The molecule has 0 radical (unpaired) electrons. The lowest BCUT2D eigenvalue weighted by atomic mass is 10.2. The maximum absolute atomic E-state index is 12.6. The molecule has 8 heteroatoms. The molecule has 27 heavy (non-hydrogen) atoms. The van der Waals surface area contributed by atoms with E-state index in [1.165, 1.54) is 4.57 Å². The number of benzene rings is 1. The van der Waals surface area contributed by atoms with Gasteiger partial charge in [-0.3, -0.25) is 18.9 Å². The van der Waals surface area contributed by atoms with E-state index in [0.29, 0.717) is 17.7 Å². The highest BCUT2D eigenvalue weighted by molar-refractivity contribution is 5.74. The number of fused-ring (bicyclic) bond motifs is 1. The summed E-state index contributed by atoms with van der Waals surface area (Å²) in [4.78, 5) is 35.6. The van der Waals surface area contributed by atoms with Gasteiger partial charge < -0.3 is 9.80 Å². The van der Waals surface area contributed by atoms with Crippen molar-refractivity contribution in [2.45, 2.75) is 13.5 Å². The molecule has 8 nitrogen and oxygen atoms in total. The van der Waals surface area contributed by atoms with Crippen molar-refractivity contribution >= 4 is 17.1 Å². The number of nitrogens with one attached hydrogen (secondary N) is 2. The normalized spacial score (nSPS) is 15.6. The zero-order valence-electron chi connectivity index (χ0n) is 15.7. The van der Waals surface area contributed by atoms with Gasteiger partial charge in [-0.2, -0.15) is 4.98 Å². The van der Waals surface area contributed by atoms with E-state index in [1.54, 1.807) is 11.9 Å². The maximum Gasteiger partial charge on any atom is 0.329 e. The molecule has 0 atom stereocenters. The third-order valence-electron chi connectivity index (χ3n) is 5.42. The van der Waals surface area contributed by atoms with Gasteiger partial charge in [0.05, 0.1) is 39.3 Å². The number of piperazine rings is 1. The van der Waals surface area contributed by atoms with Gasteiger partial charge in [-0.25, -0.2) is 4.79 Å². The number of aromatic nitrogens is 4. The highest BCUT2D eigenvalue weighted by Crippen LogP contribution is 2.21. The van der Waals surface area contributed by atoms with Crippen molar-refractivity contribution < 1.29 is 4.90 Å². The van der Waals surface area contributed by atoms with Crippen LogP contribution in [-0.2, 0) is 13.6 Å². The predicted molar refractivity (Wildman–Crippen MR) is 105 cm³/mol. The molecule has 0 spiro atoms. The summed E-state index contributed by atoms with van der Waals surface area (Å²) < 4.78 is 3.36. The highest BCUT2D eigenvalue weighted by Gasteiger charge is 2.26. The highest BCUT2D eigenvalue weighted by atomic mass is 16.2. The van der Waals surface area contributed by atoms with Gasteiger partial charge in [-0.05, 0) is 12.5 Å². The first-order chi connectivity index (χ1) is 13.1. The Bertz CT molecular complexity index is 1060. The molecule has 2 aromatic heterocycles. The van der Waals surface area contributed by atoms with Crippen LogP contribution in [-0.4, -0.2) is 51.8 Å². The topological polar surface area (TPSA) is 80.4 Å². The van der Waals surface area contributed by atoms with Gasteiger partial charge >= 0.3 is 5.69 Å². The summed E-state index contributed by atoms with van der Waals surface area (Å²) in [5, 5.41) is 0. The van der Waals surface area contributed by atoms with E-state index in [4.69, 9.17) is 4.98 Å². The number of aromatic amines is 1. The van der Waals surface area contributed by atoms with Crippen LogP contribution in [0.5, 0.6) is 0 Å². The molecule has 0 amide bonds. The van der Waals surface area contributed by atoms with Crippen molar-refractivity contribution in [3.63, 3.8) is 0 Å². The third-order valence-corrected chi connectivity index (χ3v) is 5.42. The number of aryl methyl sites for hydroxylation is 1. The minimum atomic E-state index is -0.441. The molecule has 4 rings (SSSR count). The SMILES string of the molecule is CC[NH+]1CCN(c2nc3c(c(=O)[nH]c(=O)n3C)n2Cc2ccccc2)CC1. The van der Waals surface area contributed by atoms with Gasteiger partial charge in [-0.1, -0.05) is 30.3 Å². The zero-order chi connectivity index (χ0) is 19.0. The lowest BCUT2D eigenvalue weighted by Gasteiger charge is -2.32. The van der Waals surface area contributed by atoms with E-state index in [1.807, 2.05) is 34.9 Å². The summed E-state index contributed by atoms with van der Waals surface area (Å²) >= 11 is 0. The molecular weight excluding hydrogens is 344 g/mol. The Kier molecular flexibility index (Phi) is 4.57. The van der Waals surface area contributed by atoms with Crippen LogP contribution in [0.25, 0.3) is 11.2 Å². The minimum absolute atomic E-state index is 0.388. The van der Waals surface area contributed by atoms with Gasteiger partial charge in [0.15, 0.2) is 11.2 Å². The molecule has 1 aliphatic rings. The molecular formula is C19H25N6O2+. The molecule has 2 N–H and O–H groups in total. The monoisotopic (exact) mass is 369 g/mol. The standard InChI is InChI=1S/C19H24N6O2/c1-3-23-9-11-24(12-10-23)18-20-16-15(17(26)21-19(27)22(16)2)25(18)13-14-7-5-4-6-8-14/h4-8H,3,9-13H2,1-2H3,(H,21,26,27)/p+1. The number of anilines is 1. The Hall–Kier alpha value is -2.87. The van der Waals surface area contributed by atoms with E-state index in [0.717, 1.165) is 44.2 Å². The number of likely N-dealkylation sites (N-methyl/N-ethyl adjacent to an activating group) is 1. The van der Waals surface area contributed by atoms with Gasteiger partial charge in [0, 0.05) is 7.05 Å². The number of imidazole rings is 1. The molecule has 1 fully saturated rings. The van der Waals surface area contributed by atoms with Crippen molar-refractivity contribution in [3.05, 3.63) is 56.7 Å². The molecule has 0 bridgehead atoms. The number of quaternary nitrogens is 1. The largest absolute Gasteiger partial charge is 0.332 e. The van der Waals surface area contributed by atoms with Crippen LogP contribution in [0.15, 0.2) is 39.9 Å². The lowest BCUT2D eigenvalue weighted by molar-refractivity contribution is -0.898. The Balaban J connectivity index is 1.85. The van der Waals surface area contributed by atoms with Crippen molar-refractivity contribution in [3.8, 4) is 0 Å². The molecule has 1 saturated heterocycles. The van der Waals surface area contributed by atoms with Crippen LogP contribution in [0.2, 0.25) is 0 Å². The summed E-state index contributed by atoms with van der Waals surface area (Å²) in [6.07, 6.45) is 0. The molecule has 1 aromatic carbocycles. The van der Waals surface area contributed by atoms with E-state index < -0.39 is 5.69 Å². The average Bonchev–Trinajstić information content (AvgIpc) is 3.07. The van der Waals surface area contributed by atoms with Crippen molar-refractivity contribution in [1.29, 1.82) is 0 Å². The van der Waals surface area contributed by atoms with Crippen LogP contribution in [0.4, 0.5) is 5.95 Å². The molecule has 142 valence electrons. The lowest BCUT2D eigenvalue weighted by Crippen LogP contribution is -3.14. The fraction of sp³-hybridized carbons (Fsp3) is 0.421. The van der Waals surface area contributed by atoms with Gasteiger partial charge in [-0.15, -0.1) is 0 Å². The smallest absolute Gasteiger partial charge is 0.329 e. The summed E-state index contributed by atoms with van der Waals surface area (Å²) in [6, 6.07) is 10.0. The van der Waals surface area contributed by atoms with Crippen LogP contribution in [0, 0.1) is 0 Å². The van der Waals surface area contributed by atoms with Gasteiger partial charge in [0.1, 0.15) is 0 Å². The fourth-order valence-electron chi connectivity index (χ4n) is 3.76. The Labute approximate surface area is 156 Å².